The van der Waals surface area contributed by atoms with Crippen LogP contribution in [0.1, 0.15) is 45.4 Å². The molecule has 1 amide bonds. The molecule has 124 valence electrons. The van der Waals surface area contributed by atoms with Crippen LogP contribution in [0.4, 0.5) is 0 Å². The molecule has 5 rings (SSSR count). The lowest BCUT2D eigenvalue weighted by atomic mass is 9.53. The smallest absolute Gasteiger partial charge is 0.233 e. The molecule has 0 spiro atoms. The summed E-state index contributed by atoms with van der Waals surface area (Å²) in [6.07, 6.45) is 7.91. The van der Waals surface area contributed by atoms with E-state index in [0.29, 0.717) is 0 Å². The van der Waals surface area contributed by atoms with E-state index in [-0.39, 0.29) is 16.7 Å². The van der Waals surface area contributed by atoms with Crippen molar-refractivity contribution in [2.75, 3.05) is 0 Å². The summed E-state index contributed by atoms with van der Waals surface area (Å²) in [5, 5.41) is 3.45. The number of halogens is 1. The maximum Gasteiger partial charge on any atom is 0.233 e. The first-order valence-electron chi connectivity index (χ1n) is 8.76. The van der Waals surface area contributed by atoms with Crippen molar-refractivity contribution in [1.29, 1.82) is 0 Å². The number of amides is 1. The molecule has 4 fully saturated rings. The molecule has 4 saturated carbocycles. The second kappa shape index (κ2) is 6.11. The van der Waals surface area contributed by atoms with Crippen LogP contribution in [0.15, 0.2) is 33.6 Å². The van der Waals surface area contributed by atoms with E-state index in [1.807, 2.05) is 19.1 Å². The molecule has 1 unspecified atom stereocenters. The molecule has 0 aliphatic heterocycles. The van der Waals surface area contributed by atoms with Crippen LogP contribution >= 0.6 is 27.7 Å². The summed E-state index contributed by atoms with van der Waals surface area (Å²) in [6, 6.07) is 8.21. The van der Waals surface area contributed by atoms with E-state index in [4.69, 9.17) is 0 Å². The van der Waals surface area contributed by atoms with Crippen LogP contribution in [0, 0.1) is 17.8 Å². The number of rotatable bonds is 4. The molecule has 2 nitrogen and oxygen atoms in total. The number of carbonyl (C=O) groups is 1. The number of carbonyl (C=O) groups excluding carboxylic acids is 1. The first-order valence-corrected chi connectivity index (χ1v) is 10.4. The highest BCUT2D eigenvalue weighted by Crippen LogP contribution is 2.55. The first-order chi connectivity index (χ1) is 11.0. The van der Waals surface area contributed by atoms with E-state index in [1.165, 1.54) is 38.5 Å². The second-order valence-corrected chi connectivity index (χ2v) is 10.2. The maximum absolute atomic E-state index is 12.8. The molecular formula is C19H24BrNOS. The Labute approximate surface area is 151 Å². The Morgan fingerprint density at radius 3 is 2.17 bits per heavy atom. The molecule has 4 heteroatoms. The number of thioether (sulfide) groups is 1. The van der Waals surface area contributed by atoms with Crippen molar-refractivity contribution in [2.45, 2.75) is 61.1 Å². The highest BCUT2D eigenvalue weighted by Gasteiger charge is 2.51. The van der Waals surface area contributed by atoms with Crippen molar-refractivity contribution in [3.63, 3.8) is 0 Å². The summed E-state index contributed by atoms with van der Waals surface area (Å²) in [4.78, 5) is 13.9. The largest absolute Gasteiger partial charge is 0.350 e. The lowest BCUT2D eigenvalue weighted by Gasteiger charge is -2.57. The fraction of sp³-hybridized carbons (Fsp3) is 0.632. The van der Waals surface area contributed by atoms with E-state index in [2.05, 4.69) is 33.4 Å². The van der Waals surface area contributed by atoms with Crippen molar-refractivity contribution in [1.82, 2.24) is 5.32 Å². The van der Waals surface area contributed by atoms with Gasteiger partial charge in [0.25, 0.3) is 0 Å². The van der Waals surface area contributed by atoms with Crippen LogP contribution in [-0.2, 0) is 4.79 Å². The standard InChI is InChI=1S/C19H24BrNOS/c1-12(23-17-4-2-16(20)3-5-17)18(22)21-19-9-13-6-14(10-19)8-15(7-13)11-19/h2-5,12-15H,6-11H2,1H3,(H,21,22). The van der Waals surface area contributed by atoms with Gasteiger partial charge in [-0.05, 0) is 87.5 Å². The van der Waals surface area contributed by atoms with Crippen molar-refractivity contribution >= 4 is 33.6 Å². The molecule has 4 aliphatic rings. The molecule has 4 aliphatic carbocycles. The summed E-state index contributed by atoms with van der Waals surface area (Å²) in [5.74, 6) is 2.84. The molecule has 1 N–H and O–H groups in total. The zero-order valence-electron chi connectivity index (χ0n) is 13.6. The first kappa shape index (κ1) is 16.0. The molecule has 0 radical (unpaired) electrons. The highest BCUT2D eigenvalue weighted by atomic mass is 79.9. The minimum Gasteiger partial charge on any atom is -0.350 e. The molecule has 1 atom stereocenters. The monoisotopic (exact) mass is 393 g/mol. The average Bonchev–Trinajstić information content (AvgIpc) is 2.47. The van der Waals surface area contributed by atoms with Gasteiger partial charge in [-0.15, -0.1) is 11.8 Å². The number of hydrogen-bond donors (Lipinski definition) is 1. The Bertz CT molecular complexity index is 565. The van der Waals surface area contributed by atoms with Crippen LogP contribution in [0.3, 0.4) is 0 Å². The van der Waals surface area contributed by atoms with Gasteiger partial charge in [0.2, 0.25) is 5.91 Å². The fourth-order valence-electron chi connectivity index (χ4n) is 5.40. The van der Waals surface area contributed by atoms with Gasteiger partial charge in [-0.2, -0.15) is 0 Å². The molecule has 4 bridgehead atoms. The number of nitrogens with one attached hydrogen (secondary N) is 1. The lowest BCUT2D eigenvalue weighted by molar-refractivity contribution is -0.126. The average molecular weight is 394 g/mol. The van der Waals surface area contributed by atoms with Gasteiger partial charge in [-0.1, -0.05) is 15.9 Å². The van der Waals surface area contributed by atoms with Crippen LogP contribution in [0.5, 0.6) is 0 Å². The maximum atomic E-state index is 12.8. The number of hydrogen-bond acceptors (Lipinski definition) is 2. The zero-order valence-corrected chi connectivity index (χ0v) is 16.0. The van der Waals surface area contributed by atoms with Crippen molar-refractivity contribution < 1.29 is 4.79 Å². The molecule has 1 aromatic rings. The van der Waals surface area contributed by atoms with E-state index in [1.54, 1.807) is 11.8 Å². The molecule has 23 heavy (non-hydrogen) atoms. The van der Waals surface area contributed by atoms with Gasteiger partial charge in [-0.25, -0.2) is 0 Å². The molecule has 1 aromatic carbocycles. The van der Waals surface area contributed by atoms with Crippen LogP contribution in [-0.4, -0.2) is 16.7 Å². The second-order valence-electron chi connectivity index (χ2n) is 7.90. The predicted octanol–water partition coefficient (Wildman–Crippen LogP) is 5.01. The molecule has 0 heterocycles. The van der Waals surface area contributed by atoms with Gasteiger partial charge in [0.05, 0.1) is 5.25 Å². The molecule has 0 saturated heterocycles. The van der Waals surface area contributed by atoms with Gasteiger partial charge in [0, 0.05) is 14.9 Å². The molecule has 0 aromatic heterocycles. The zero-order chi connectivity index (χ0) is 16.0. The highest BCUT2D eigenvalue weighted by molar-refractivity contribution is 9.10. The Hall–Kier alpha value is -0.480. The van der Waals surface area contributed by atoms with Gasteiger partial charge < -0.3 is 5.32 Å². The third-order valence-electron chi connectivity index (χ3n) is 5.92. The Kier molecular flexibility index (Phi) is 4.25. The number of benzene rings is 1. The van der Waals surface area contributed by atoms with Crippen LogP contribution in [0.2, 0.25) is 0 Å². The van der Waals surface area contributed by atoms with E-state index in [0.717, 1.165) is 27.1 Å². The quantitative estimate of drug-likeness (QED) is 0.727. The predicted molar refractivity (Wildman–Crippen MR) is 98.5 cm³/mol. The van der Waals surface area contributed by atoms with Gasteiger partial charge in [0.15, 0.2) is 0 Å². The van der Waals surface area contributed by atoms with Crippen LogP contribution in [0.25, 0.3) is 0 Å². The minimum absolute atomic E-state index is 0.0378. The van der Waals surface area contributed by atoms with E-state index >= 15 is 0 Å². The van der Waals surface area contributed by atoms with Gasteiger partial charge in [0.1, 0.15) is 0 Å². The van der Waals surface area contributed by atoms with Gasteiger partial charge in [-0.3, -0.25) is 4.79 Å². The van der Waals surface area contributed by atoms with Gasteiger partial charge >= 0.3 is 0 Å². The lowest BCUT2D eigenvalue weighted by Crippen LogP contribution is -2.60. The summed E-state index contributed by atoms with van der Waals surface area (Å²) in [5.41, 5.74) is 0.125. The van der Waals surface area contributed by atoms with Crippen molar-refractivity contribution in [3.8, 4) is 0 Å². The summed E-state index contributed by atoms with van der Waals surface area (Å²) >= 11 is 5.11. The summed E-state index contributed by atoms with van der Waals surface area (Å²) < 4.78 is 1.08. The Morgan fingerprint density at radius 1 is 1.13 bits per heavy atom. The topological polar surface area (TPSA) is 29.1 Å². The minimum atomic E-state index is -0.0378. The van der Waals surface area contributed by atoms with E-state index in [9.17, 15) is 4.79 Å². The normalized spacial score (nSPS) is 36.0. The third kappa shape index (κ3) is 3.34. The van der Waals surface area contributed by atoms with Crippen molar-refractivity contribution in [3.05, 3.63) is 28.7 Å². The Morgan fingerprint density at radius 2 is 1.65 bits per heavy atom. The fourth-order valence-corrected chi connectivity index (χ4v) is 6.53. The Balaban J connectivity index is 1.40. The van der Waals surface area contributed by atoms with Crippen LogP contribution < -0.4 is 5.32 Å². The third-order valence-corrected chi connectivity index (χ3v) is 7.56. The molecular weight excluding hydrogens is 370 g/mol. The SMILES string of the molecule is CC(Sc1ccc(Br)cc1)C(=O)NC12CC3CC(CC(C3)C1)C2. The van der Waals surface area contributed by atoms with Crippen molar-refractivity contribution in [2.24, 2.45) is 17.8 Å². The summed E-state index contributed by atoms with van der Waals surface area (Å²) in [6.45, 7) is 2.03. The summed E-state index contributed by atoms with van der Waals surface area (Å²) in [7, 11) is 0. The van der Waals surface area contributed by atoms with E-state index < -0.39 is 0 Å².